The summed E-state index contributed by atoms with van der Waals surface area (Å²) in [6.45, 7) is 2.90. The first-order valence-electron chi connectivity index (χ1n) is 7.79. The van der Waals surface area contributed by atoms with Crippen molar-refractivity contribution in [1.82, 2.24) is 5.32 Å². The van der Waals surface area contributed by atoms with Crippen molar-refractivity contribution in [3.63, 3.8) is 0 Å². The lowest BCUT2D eigenvalue weighted by molar-refractivity contribution is -0.119. The molecular weight excluding hydrogens is 348 g/mol. The molecule has 4 nitrogen and oxygen atoms in total. The van der Waals surface area contributed by atoms with Gasteiger partial charge in [0.2, 0.25) is 5.91 Å². The molecule has 0 spiro atoms. The summed E-state index contributed by atoms with van der Waals surface area (Å²) in [5.74, 6) is -0.545. The number of fused-ring (bicyclic) bond motifs is 1. The predicted octanol–water partition coefficient (Wildman–Crippen LogP) is 3.71. The van der Waals surface area contributed by atoms with Gasteiger partial charge in [0.25, 0.3) is 0 Å². The maximum absolute atomic E-state index is 13.2. The molecule has 0 unspecified atom stereocenters. The zero-order chi connectivity index (χ0) is 17.8. The fourth-order valence-corrected chi connectivity index (χ4v) is 3.14. The van der Waals surface area contributed by atoms with E-state index in [1.165, 1.54) is 6.07 Å². The molecule has 132 valence electrons. The van der Waals surface area contributed by atoms with Crippen molar-refractivity contribution < 1.29 is 23.0 Å². The van der Waals surface area contributed by atoms with Crippen LogP contribution in [0.25, 0.3) is 0 Å². The van der Waals surface area contributed by atoms with Gasteiger partial charge in [-0.15, -0.1) is 11.8 Å². The third-order valence-electron chi connectivity index (χ3n) is 3.70. The SMILES string of the molecule is C[C@@H](NC(=O)CSc1ccc(F)c(F)c1)c1ccc2c(c1)OCCO2. The maximum Gasteiger partial charge on any atom is 0.230 e. The summed E-state index contributed by atoms with van der Waals surface area (Å²) in [4.78, 5) is 12.6. The van der Waals surface area contributed by atoms with E-state index in [1.54, 1.807) is 0 Å². The summed E-state index contributed by atoms with van der Waals surface area (Å²) in [6.07, 6.45) is 0. The van der Waals surface area contributed by atoms with Crippen molar-refractivity contribution in [1.29, 1.82) is 0 Å². The molecule has 2 aromatic carbocycles. The van der Waals surface area contributed by atoms with Crippen LogP contribution in [0.1, 0.15) is 18.5 Å². The number of thioether (sulfide) groups is 1. The monoisotopic (exact) mass is 365 g/mol. The quantitative estimate of drug-likeness (QED) is 0.821. The molecular formula is C18H17F2NO3S. The summed E-state index contributed by atoms with van der Waals surface area (Å²) in [5, 5.41) is 2.88. The number of nitrogens with one attached hydrogen (secondary N) is 1. The van der Waals surface area contributed by atoms with Crippen LogP contribution in [-0.2, 0) is 4.79 Å². The number of ether oxygens (including phenoxy) is 2. The summed E-state index contributed by atoms with van der Waals surface area (Å²) in [5.41, 5.74) is 0.899. The second-order valence-corrected chi connectivity index (χ2v) is 6.61. The number of rotatable bonds is 5. The van der Waals surface area contributed by atoms with Gasteiger partial charge in [0.05, 0.1) is 11.8 Å². The highest BCUT2D eigenvalue weighted by Crippen LogP contribution is 2.32. The van der Waals surface area contributed by atoms with Gasteiger partial charge in [0.15, 0.2) is 23.1 Å². The number of hydrogen-bond donors (Lipinski definition) is 1. The van der Waals surface area contributed by atoms with Crippen molar-refractivity contribution in [2.45, 2.75) is 17.9 Å². The van der Waals surface area contributed by atoms with Crippen molar-refractivity contribution in [3.05, 3.63) is 53.6 Å². The smallest absolute Gasteiger partial charge is 0.230 e. The lowest BCUT2D eigenvalue weighted by atomic mass is 10.1. The first-order valence-corrected chi connectivity index (χ1v) is 8.78. The van der Waals surface area contributed by atoms with E-state index in [1.807, 2.05) is 25.1 Å². The average molecular weight is 365 g/mol. The highest BCUT2D eigenvalue weighted by atomic mass is 32.2. The number of amides is 1. The Morgan fingerprint density at radius 2 is 1.88 bits per heavy atom. The Bertz CT molecular complexity index is 785. The Balaban J connectivity index is 1.56. The minimum atomic E-state index is -0.921. The van der Waals surface area contributed by atoms with E-state index >= 15 is 0 Å². The molecule has 0 aromatic heterocycles. The van der Waals surface area contributed by atoms with E-state index < -0.39 is 11.6 Å². The van der Waals surface area contributed by atoms with Crippen LogP contribution in [-0.4, -0.2) is 24.9 Å². The number of benzene rings is 2. The van der Waals surface area contributed by atoms with Crippen LogP contribution in [0, 0.1) is 11.6 Å². The molecule has 1 atom stereocenters. The highest BCUT2D eigenvalue weighted by Gasteiger charge is 2.16. The fourth-order valence-electron chi connectivity index (χ4n) is 2.41. The van der Waals surface area contributed by atoms with E-state index in [2.05, 4.69) is 5.32 Å². The number of carbonyl (C=O) groups excluding carboxylic acids is 1. The summed E-state index contributed by atoms with van der Waals surface area (Å²) in [7, 11) is 0. The molecule has 1 aliphatic rings. The first-order chi connectivity index (χ1) is 12.0. The Hall–Kier alpha value is -2.28. The number of hydrogen-bond acceptors (Lipinski definition) is 4. The van der Waals surface area contributed by atoms with E-state index in [4.69, 9.17) is 9.47 Å². The van der Waals surface area contributed by atoms with Crippen LogP contribution in [0.5, 0.6) is 11.5 Å². The molecule has 0 saturated heterocycles. The Morgan fingerprint density at radius 3 is 2.64 bits per heavy atom. The molecule has 25 heavy (non-hydrogen) atoms. The molecule has 2 aromatic rings. The van der Waals surface area contributed by atoms with Crippen LogP contribution < -0.4 is 14.8 Å². The standard InChI is InChI=1S/C18H17F2NO3S/c1-11(12-2-5-16-17(8-12)24-7-6-23-16)21-18(22)10-25-13-3-4-14(19)15(20)9-13/h2-5,8-9,11H,6-7,10H2,1H3,(H,21,22)/t11-/m1/s1. The molecule has 1 heterocycles. The van der Waals surface area contributed by atoms with E-state index in [0.717, 1.165) is 29.5 Å². The van der Waals surface area contributed by atoms with Gasteiger partial charge in [-0.25, -0.2) is 8.78 Å². The first kappa shape index (κ1) is 17.5. The van der Waals surface area contributed by atoms with Crippen molar-refractivity contribution in [2.75, 3.05) is 19.0 Å². The van der Waals surface area contributed by atoms with Crippen molar-refractivity contribution in [2.24, 2.45) is 0 Å². The van der Waals surface area contributed by atoms with Gasteiger partial charge >= 0.3 is 0 Å². The number of halogens is 2. The molecule has 1 N–H and O–H groups in total. The molecule has 0 radical (unpaired) electrons. The Kier molecular flexibility index (Phi) is 5.43. The van der Waals surface area contributed by atoms with Gasteiger partial charge in [-0.1, -0.05) is 6.07 Å². The van der Waals surface area contributed by atoms with Crippen LogP contribution in [0.15, 0.2) is 41.3 Å². The molecule has 3 rings (SSSR count). The Morgan fingerprint density at radius 1 is 1.12 bits per heavy atom. The Labute approximate surface area is 148 Å². The summed E-state index contributed by atoms with van der Waals surface area (Å²) in [6, 6.07) is 8.91. The van der Waals surface area contributed by atoms with E-state index in [-0.39, 0.29) is 17.7 Å². The van der Waals surface area contributed by atoms with Crippen LogP contribution >= 0.6 is 11.8 Å². The molecule has 7 heteroatoms. The summed E-state index contributed by atoms with van der Waals surface area (Å²) < 4.78 is 37.1. The van der Waals surface area contributed by atoms with E-state index in [0.29, 0.717) is 29.6 Å². The van der Waals surface area contributed by atoms with Crippen LogP contribution in [0.4, 0.5) is 8.78 Å². The molecule has 1 amide bonds. The third-order valence-corrected chi connectivity index (χ3v) is 4.70. The molecule has 0 aliphatic carbocycles. The average Bonchev–Trinajstić information content (AvgIpc) is 2.62. The van der Waals surface area contributed by atoms with E-state index in [9.17, 15) is 13.6 Å². The topological polar surface area (TPSA) is 47.6 Å². The normalized spacial score (nSPS) is 14.0. The molecule has 0 bridgehead atoms. The third kappa shape index (κ3) is 4.42. The van der Waals surface area contributed by atoms with Crippen LogP contribution in [0.3, 0.4) is 0 Å². The minimum absolute atomic E-state index is 0.111. The van der Waals surface area contributed by atoms with Gasteiger partial charge < -0.3 is 14.8 Å². The maximum atomic E-state index is 13.2. The van der Waals surface area contributed by atoms with Gasteiger partial charge in [-0.3, -0.25) is 4.79 Å². The largest absolute Gasteiger partial charge is 0.486 e. The zero-order valence-electron chi connectivity index (χ0n) is 13.6. The van der Waals surface area contributed by atoms with Gasteiger partial charge in [-0.2, -0.15) is 0 Å². The van der Waals surface area contributed by atoms with Gasteiger partial charge in [-0.05, 0) is 42.8 Å². The molecule has 1 aliphatic heterocycles. The van der Waals surface area contributed by atoms with Gasteiger partial charge in [0, 0.05) is 4.90 Å². The molecule has 0 fully saturated rings. The second-order valence-electron chi connectivity index (χ2n) is 5.56. The van der Waals surface area contributed by atoms with Gasteiger partial charge in [0.1, 0.15) is 13.2 Å². The zero-order valence-corrected chi connectivity index (χ0v) is 14.4. The number of carbonyl (C=O) groups is 1. The van der Waals surface area contributed by atoms with Crippen LogP contribution in [0.2, 0.25) is 0 Å². The second kappa shape index (κ2) is 7.74. The lowest BCUT2D eigenvalue weighted by Crippen LogP contribution is -2.28. The predicted molar refractivity (Wildman–Crippen MR) is 91.1 cm³/mol. The summed E-state index contributed by atoms with van der Waals surface area (Å²) >= 11 is 1.15. The minimum Gasteiger partial charge on any atom is -0.486 e. The van der Waals surface area contributed by atoms with Crippen molar-refractivity contribution in [3.8, 4) is 11.5 Å². The van der Waals surface area contributed by atoms with Crippen molar-refractivity contribution >= 4 is 17.7 Å². The lowest BCUT2D eigenvalue weighted by Gasteiger charge is -2.21. The fraction of sp³-hybridized carbons (Fsp3) is 0.278. The highest BCUT2D eigenvalue weighted by molar-refractivity contribution is 8.00. The molecule has 0 saturated carbocycles.